The summed E-state index contributed by atoms with van der Waals surface area (Å²) < 4.78 is 2.15. The minimum atomic E-state index is 0.0588. The SMILES string of the molecule is CC1c2ccccc2C(=O)N(C)C1c1cn(C)c2ccccc12. The van der Waals surface area contributed by atoms with Crippen LogP contribution in [0.25, 0.3) is 10.9 Å². The Morgan fingerprint density at radius 3 is 2.43 bits per heavy atom. The van der Waals surface area contributed by atoms with E-state index in [-0.39, 0.29) is 17.9 Å². The molecule has 1 amide bonds. The predicted octanol–water partition coefficient (Wildman–Crippen LogP) is 4.11. The lowest BCUT2D eigenvalue weighted by Gasteiger charge is -2.38. The van der Waals surface area contributed by atoms with Crippen molar-refractivity contribution >= 4 is 16.8 Å². The molecule has 0 N–H and O–H groups in total. The highest BCUT2D eigenvalue weighted by atomic mass is 16.2. The molecule has 0 radical (unpaired) electrons. The van der Waals surface area contributed by atoms with Crippen LogP contribution in [0.15, 0.2) is 54.7 Å². The van der Waals surface area contributed by atoms with Gasteiger partial charge in [0.1, 0.15) is 0 Å². The van der Waals surface area contributed by atoms with Crippen LogP contribution in [0, 0.1) is 0 Å². The number of rotatable bonds is 1. The third kappa shape index (κ3) is 1.93. The number of para-hydroxylation sites is 1. The molecule has 3 heteroatoms. The van der Waals surface area contributed by atoms with Crippen LogP contribution in [0.3, 0.4) is 0 Å². The lowest BCUT2D eigenvalue weighted by molar-refractivity contribution is 0.0680. The number of carbonyl (C=O) groups excluding carboxylic acids is 1. The molecule has 3 aromatic rings. The van der Waals surface area contributed by atoms with Crippen molar-refractivity contribution in [3.8, 4) is 0 Å². The predicted molar refractivity (Wildman–Crippen MR) is 92.6 cm³/mol. The zero-order chi connectivity index (χ0) is 16.1. The smallest absolute Gasteiger partial charge is 0.254 e. The molecule has 1 aromatic heterocycles. The molecule has 2 unspecified atom stereocenters. The second kappa shape index (κ2) is 4.98. The van der Waals surface area contributed by atoms with Gasteiger partial charge in [-0.05, 0) is 17.7 Å². The van der Waals surface area contributed by atoms with Gasteiger partial charge in [-0.1, -0.05) is 43.3 Å². The largest absolute Gasteiger partial charge is 0.350 e. The van der Waals surface area contributed by atoms with Gasteiger partial charge in [-0.2, -0.15) is 0 Å². The summed E-state index contributed by atoms with van der Waals surface area (Å²) in [6.07, 6.45) is 2.17. The summed E-state index contributed by atoms with van der Waals surface area (Å²) in [6, 6.07) is 16.4. The minimum absolute atomic E-state index is 0.0588. The fraction of sp³-hybridized carbons (Fsp3) is 0.250. The summed E-state index contributed by atoms with van der Waals surface area (Å²) >= 11 is 0. The maximum atomic E-state index is 12.8. The summed E-state index contributed by atoms with van der Waals surface area (Å²) in [4.78, 5) is 14.7. The van der Waals surface area contributed by atoms with Crippen LogP contribution in [-0.2, 0) is 7.05 Å². The molecule has 0 saturated heterocycles. The Bertz CT molecular complexity index is 909. The topological polar surface area (TPSA) is 25.2 Å². The molecule has 116 valence electrons. The van der Waals surface area contributed by atoms with Gasteiger partial charge in [0.15, 0.2) is 0 Å². The molecule has 0 aliphatic carbocycles. The monoisotopic (exact) mass is 304 g/mol. The first-order valence-electron chi connectivity index (χ1n) is 7.99. The van der Waals surface area contributed by atoms with Gasteiger partial charge >= 0.3 is 0 Å². The van der Waals surface area contributed by atoms with Gasteiger partial charge in [-0.25, -0.2) is 0 Å². The number of benzene rings is 2. The van der Waals surface area contributed by atoms with E-state index in [1.807, 2.05) is 30.1 Å². The summed E-state index contributed by atoms with van der Waals surface area (Å²) in [6.45, 7) is 2.22. The van der Waals surface area contributed by atoms with Crippen molar-refractivity contribution in [3.63, 3.8) is 0 Å². The van der Waals surface area contributed by atoms with Crippen molar-refractivity contribution in [2.75, 3.05) is 7.05 Å². The molecule has 2 heterocycles. The number of carbonyl (C=O) groups is 1. The van der Waals surface area contributed by atoms with Crippen molar-refractivity contribution in [2.45, 2.75) is 18.9 Å². The fourth-order valence-corrected chi connectivity index (χ4v) is 4.00. The van der Waals surface area contributed by atoms with Crippen molar-refractivity contribution in [1.29, 1.82) is 0 Å². The van der Waals surface area contributed by atoms with Crippen molar-refractivity contribution in [1.82, 2.24) is 9.47 Å². The number of hydrogen-bond acceptors (Lipinski definition) is 1. The standard InChI is InChI=1S/C20H20N2O/c1-13-14-8-4-5-10-16(14)20(23)22(3)19(13)17-12-21(2)18-11-7-6-9-15(17)18/h4-13,19H,1-3H3. The molecule has 1 aliphatic heterocycles. The average Bonchev–Trinajstić information content (AvgIpc) is 2.90. The number of fused-ring (bicyclic) bond motifs is 2. The average molecular weight is 304 g/mol. The number of amides is 1. The minimum Gasteiger partial charge on any atom is -0.350 e. The maximum Gasteiger partial charge on any atom is 0.254 e. The number of likely N-dealkylation sites (N-methyl/N-ethyl adjacent to an activating group) is 1. The molecule has 1 aliphatic rings. The Labute approximate surface area is 136 Å². The second-order valence-corrected chi connectivity index (χ2v) is 6.45. The van der Waals surface area contributed by atoms with Gasteiger partial charge in [0, 0.05) is 48.2 Å². The zero-order valence-electron chi connectivity index (χ0n) is 13.7. The highest BCUT2D eigenvalue weighted by Gasteiger charge is 2.37. The Kier molecular flexibility index (Phi) is 3.05. The van der Waals surface area contributed by atoms with Crippen molar-refractivity contribution < 1.29 is 4.79 Å². The van der Waals surface area contributed by atoms with Gasteiger partial charge in [-0.15, -0.1) is 0 Å². The van der Waals surface area contributed by atoms with Gasteiger partial charge in [0.2, 0.25) is 0 Å². The van der Waals surface area contributed by atoms with E-state index >= 15 is 0 Å². The van der Waals surface area contributed by atoms with Crippen LogP contribution in [0.2, 0.25) is 0 Å². The van der Waals surface area contributed by atoms with Gasteiger partial charge < -0.3 is 9.47 Å². The summed E-state index contributed by atoms with van der Waals surface area (Å²) in [7, 11) is 3.98. The third-order valence-corrected chi connectivity index (χ3v) is 5.14. The molecular weight excluding hydrogens is 284 g/mol. The van der Waals surface area contributed by atoms with Crippen LogP contribution in [0.1, 0.15) is 40.4 Å². The van der Waals surface area contributed by atoms with Gasteiger partial charge in [-0.3, -0.25) is 4.79 Å². The molecule has 0 spiro atoms. The van der Waals surface area contributed by atoms with Gasteiger partial charge in [0.05, 0.1) is 6.04 Å². The number of nitrogens with zero attached hydrogens (tertiary/aromatic N) is 2. The van der Waals surface area contributed by atoms with Crippen molar-refractivity contribution in [3.05, 3.63) is 71.4 Å². The van der Waals surface area contributed by atoms with Gasteiger partial charge in [0.25, 0.3) is 5.91 Å². The zero-order valence-corrected chi connectivity index (χ0v) is 13.7. The quantitative estimate of drug-likeness (QED) is 0.664. The van der Waals surface area contributed by atoms with E-state index in [1.54, 1.807) is 0 Å². The van der Waals surface area contributed by atoms with E-state index in [4.69, 9.17) is 0 Å². The molecule has 0 bridgehead atoms. The maximum absolute atomic E-state index is 12.8. The molecule has 23 heavy (non-hydrogen) atoms. The van der Waals surface area contributed by atoms with Crippen LogP contribution in [0.4, 0.5) is 0 Å². The lowest BCUT2D eigenvalue weighted by atomic mass is 9.81. The van der Waals surface area contributed by atoms with Crippen LogP contribution in [0.5, 0.6) is 0 Å². The Morgan fingerprint density at radius 2 is 1.61 bits per heavy atom. The molecule has 4 rings (SSSR count). The van der Waals surface area contributed by atoms with Crippen LogP contribution in [-0.4, -0.2) is 22.4 Å². The Balaban J connectivity index is 1.93. The molecular formula is C20H20N2O. The number of aryl methyl sites for hydroxylation is 1. The first-order valence-corrected chi connectivity index (χ1v) is 7.99. The van der Waals surface area contributed by atoms with Crippen LogP contribution >= 0.6 is 0 Å². The second-order valence-electron chi connectivity index (χ2n) is 6.45. The van der Waals surface area contributed by atoms with E-state index in [0.717, 1.165) is 11.1 Å². The summed E-state index contributed by atoms with van der Waals surface area (Å²) in [5, 5.41) is 1.23. The van der Waals surface area contributed by atoms with E-state index in [2.05, 4.69) is 55.1 Å². The lowest BCUT2D eigenvalue weighted by Crippen LogP contribution is -2.39. The fourth-order valence-electron chi connectivity index (χ4n) is 4.00. The van der Waals surface area contributed by atoms with Crippen molar-refractivity contribution in [2.24, 2.45) is 7.05 Å². The molecule has 2 atom stereocenters. The Hall–Kier alpha value is -2.55. The van der Waals surface area contributed by atoms with E-state index < -0.39 is 0 Å². The Morgan fingerprint density at radius 1 is 0.913 bits per heavy atom. The molecule has 0 saturated carbocycles. The molecule has 2 aromatic carbocycles. The molecule has 3 nitrogen and oxygen atoms in total. The summed E-state index contributed by atoms with van der Waals surface area (Å²) in [5.74, 6) is 0.372. The highest BCUT2D eigenvalue weighted by molar-refractivity contribution is 5.98. The van der Waals surface area contributed by atoms with Crippen LogP contribution < -0.4 is 0 Å². The number of hydrogen-bond donors (Lipinski definition) is 0. The van der Waals surface area contributed by atoms with E-state index in [1.165, 1.54) is 16.5 Å². The highest BCUT2D eigenvalue weighted by Crippen LogP contribution is 2.43. The first kappa shape index (κ1) is 14.1. The third-order valence-electron chi connectivity index (χ3n) is 5.14. The first-order chi connectivity index (χ1) is 11.1. The normalized spacial score (nSPS) is 20.8. The number of aromatic nitrogens is 1. The molecule has 0 fully saturated rings. The van der Waals surface area contributed by atoms with E-state index in [9.17, 15) is 4.79 Å². The summed E-state index contributed by atoms with van der Waals surface area (Å²) in [5.41, 5.74) is 4.41. The van der Waals surface area contributed by atoms with E-state index in [0.29, 0.717) is 0 Å².